The Labute approximate surface area is 157 Å². The van der Waals surface area contributed by atoms with Crippen molar-refractivity contribution >= 4 is 11.6 Å². The van der Waals surface area contributed by atoms with Crippen molar-refractivity contribution in [3.05, 3.63) is 60.6 Å². The van der Waals surface area contributed by atoms with E-state index in [1.807, 2.05) is 30.5 Å². The van der Waals surface area contributed by atoms with Gasteiger partial charge in [0.15, 0.2) is 6.61 Å². The molecule has 0 fully saturated rings. The van der Waals surface area contributed by atoms with Crippen molar-refractivity contribution in [1.82, 2.24) is 9.55 Å². The standard InChI is InChI=1S/C21H21N3O3/c1-26-17-7-9-18(10-8-17)27-14-21(25)23-16-5-2-4-15(12-16)19-13-22-20-6-3-11-24(19)20/h2,4-5,7-10,12-13H,3,6,11,14H2,1H3,(H,23,25). The summed E-state index contributed by atoms with van der Waals surface area (Å²) in [6.07, 6.45) is 4.07. The Balaban J connectivity index is 1.39. The van der Waals surface area contributed by atoms with Crippen LogP contribution in [0.4, 0.5) is 5.69 Å². The lowest BCUT2D eigenvalue weighted by Crippen LogP contribution is -2.20. The number of nitrogens with zero attached hydrogens (tertiary/aromatic N) is 2. The fourth-order valence-electron chi connectivity index (χ4n) is 3.26. The normalized spacial score (nSPS) is 12.5. The van der Waals surface area contributed by atoms with Gasteiger partial charge in [-0.15, -0.1) is 0 Å². The number of fused-ring (bicyclic) bond motifs is 1. The van der Waals surface area contributed by atoms with Crippen LogP contribution in [-0.2, 0) is 17.8 Å². The maximum Gasteiger partial charge on any atom is 0.262 e. The summed E-state index contributed by atoms with van der Waals surface area (Å²) in [6.45, 7) is 0.940. The van der Waals surface area contributed by atoms with Crippen LogP contribution in [0.5, 0.6) is 11.5 Å². The molecule has 2 heterocycles. The zero-order valence-electron chi connectivity index (χ0n) is 15.1. The molecule has 0 spiro atoms. The molecule has 1 amide bonds. The molecule has 0 bridgehead atoms. The zero-order chi connectivity index (χ0) is 18.6. The molecule has 0 unspecified atom stereocenters. The molecule has 0 saturated carbocycles. The minimum atomic E-state index is -0.207. The van der Waals surface area contributed by atoms with Gasteiger partial charge in [-0.2, -0.15) is 0 Å². The number of imidazole rings is 1. The highest BCUT2D eigenvalue weighted by Crippen LogP contribution is 2.27. The SMILES string of the molecule is COc1ccc(OCC(=O)Nc2cccc(-c3cnc4n3CCC4)c2)cc1. The average Bonchev–Trinajstić information content (AvgIpc) is 3.31. The molecule has 6 nitrogen and oxygen atoms in total. The number of carbonyl (C=O) groups excluding carboxylic acids is 1. The lowest BCUT2D eigenvalue weighted by molar-refractivity contribution is -0.118. The second-order valence-corrected chi connectivity index (χ2v) is 6.41. The molecule has 0 aliphatic carbocycles. The Kier molecular flexibility index (Phi) is 4.78. The molecule has 138 valence electrons. The molecule has 0 radical (unpaired) electrons. The lowest BCUT2D eigenvalue weighted by atomic mass is 10.1. The monoisotopic (exact) mass is 363 g/mol. The van der Waals surface area contributed by atoms with Crippen LogP contribution in [0.25, 0.3) is 11.3 Å². The van der Waals surface area contributed by atoms with Gasteiger partial charge in [-0.3, -0.25) is 4.79 Å². The Morgan fingerprint density at radius 1 is 1.19 bits per heavy atom. The van der Waals surface area contributed by atoms with Gasteiger partial charge in [0.25, 0.3) is 5.91 Å². The van der Waals surface area contributed by atoms with Gasteiger partial charge in [0.05, 0.1) is 19.0 Å². The van der Waals surface area contributed by atoms with E-state index in [-0.39, 0.29) is 12.5 Å². The minimum absolute atomic E-state index is 0.0569. The van der Waals surface area contributed by atoms with Crippen molar-refractivity contribution < 1.29 is 14.3 Å². The van der Waals surface area contributed by atoms with Crippen LogP contribution >= 0.6 is 0 Å². The molecule has 6 heteroatoms. The maximum atomic E-state index is 12.2. The summed E-state index contributed by atoms with van der Waals surface area (Å²) in [4.78, 5) is 16.7. The third-order valence-corrected chi connectivity index (χ3v) is 4.59. The largest absolute Gasteiger partial charge is 0.497 e. The van der Waals surface area contributed by atoms with Gasteiger partial charge in [0.2, 0.25) is 0 Å². The van der Waals surface area contributed by atoms with Gasteiger partial charge in [-0.05, 0) is 42.8 Å². The summed E-state index contributed by atoms with van der Waals surface area (Å²) >= 11 is 0. The molecule has 4 rings (SSSR count). The molecule has 0 atom stereocenters. The highest BCUT2D eigenvalue weighted by Gasteiger charge is 2.16. The second kappa shape index (κ2) is 7.53. The van der Waals surface area contributed by atoms with E-state index in [0.717, 1.165) is 47.9 Å². The molecule has 1 aliphatic heterocycles. The number of aromatic nitrogens is 2. The van der Waals surface area contributed by atoms with Crippen LogP contribution in [0.3, 0.4) is 0 Å². The van der Waals surface area contributed by atoms with Crippen LogP contribution in [0.15, 0.2) is 54.7 Å². The second-order valence-electron chi connectivity index (χ2n) is 6.41. The third kappa shape index (κ3) is 3.79. The molecule has 3 aromatic rings. The van der Waals surface area contributed by atoms with Gasteiger partial charge in [-0.1, -0.05) is 12.1 Å². The van der Waals surface area contributed by atoms with Crippen LogP contribution < -0.4 is 14.8 Å². The smallest absolute Gasteiger partial charge is 0.262 e. The first-order chi connectivity index (χ1) is 13.2. The van der Waals surface area contributed by atoms with Crippen molar-refractivity contribution in [3.63, 3.8) is 0 Å². The predicted octanol–water partition coefficient (Wildman–Crippen LogP) is 3.52. The van der Waals surface area contributed by atoms with Crippen LogP contribution in [0.1, 0.15) is 12.2 Å². The molecule has 27 heavy (non-hydrogen) atoms. The Morgan fingerprint density at radius 2 is 2.00 bits per heavy atom. The molecule has 1 aliphatic rings. The number of methoxy groups -OCH3 is 1. The van der Waals surface area contributed by atoms with Crippen LogP contribution in [0.2, 0.25) is 0 Å². The number of carbonyl (C=O) groups is 1. The molecular formula is C21H21N3O3. The van der Waals surface area contributed by atoms with E-state index in [9.17, 15) is 4.79 Å². The molecular weight excluding hydrogens is 342 g/mol. The Morgan fingerprint density at radius 3 is 2.81 bits per heavy atom. The van der Waals surface area contributed by atoms with E-state index >= 15 is 0 Å². The number of aryl methyl sites for hydroxylation is 1. The van der Waals surface area contributed by atoms with Crippen LogP contribution in [-0.4, -0.2) is 29.2 Å². The number of hydrogen-bond acceptors (Lipinski definition) is 4. The van der Waals surface area contributed by atoms with E-state index in [4.69, 9.17) is 9.47 Å². The first kappa shape index (κ1) is 17.1. The Bertz CT molecular complexity index is 948. The number of hydrogen-bond donors (Lipinski definition) is 1. The van der Waals surface area contributed by atoms with E-state index in [2.05, 4.69) is 14.9 Å². The number of benzene rings is 2. The van der Waals surface area contributed by atoms with Gasteiger partial charge in [-0.25, -0.2) is 4.98 Å². The quantitative estimate of drug-likeness (QED) is 0.728. The number of anilines is 1. The van der Waals surface area contributed by atoms with Gasteiger partial charge >= 0.3 is 0 Å². The lowest BCUT2D eigenvalue weighted by Gasteiger charge is -2.10. The minimum Gasteiger partial charge on any atom is -0.497 e. The highest BCUT2D eigenvalue weighted by atomic mass is 16.5. The first-order valence-corrected chi connectivity index (χ1v) is 8.94. The van der Waals surface area contributed by atoms with E-state index < -0.39 is 0 Å². The van der Waals surface area contributed by atoms with E-state index in [1.165, 1.54) is 0 Å². The van der Waals surface area contributed by atoms with Gasteiger partial charge in [0, 0.05) is 24.2 Å². The van der Waals surface area contributed by atoms with Crippen molar-refractivity contribution in [2.45, 2.75) is 19.4 Å². The van der Waals surface area contributed by atoms with Crippen LogP contribution in [0, 0.1) is 0 Å². The van der Waals surface area contributed by atoms with Gasteiger partial charge in [0.1, 0.15) is 17.3 Å². The topological polar surface area (TPSA) is 65.4 Å². The molecule has 2 aromatic carbocycles. The number of amides is 1. The maximum absolute atomic E-state index is 12.2. The Hall–Kier alpha value is -3.28. The number of ether oxygens (including phenoxy) is 2. The van der Waals surface area contributed by atoms with E-state index in [0.29, 0.717) is 5.75 Å². The summed E-state index contributed by atoms with van der Waals surface area (Å²) in [5.41, 5.74) is 2.88. The summed E-state index contributed by atoms with van der Waals surface area (Å²) < 4.78 is 12.9. The highest BCUT2D eigenvalue weighted by molar-refractivity contribution is 5.92. The van der Waals surface area contributed by atoms with Crippen molar-refractivity contribution in [2.24, 2.45) is 0 Å². The average molecular weight is 363 g/mol. The summed E-state index contributed by atoms with van der Waals surface area (Å²) in [6, 6.07) is 14.9. The number of rotatable bonds is 6. The fourth-order valence-corrected chi connectivity index (χ4v) is 3.26. The predicted molar refractivity (Wildman–Crippen MR) is 103 cm³/mol. The molecule has 1 aromatic heterocycles. The molecule has 0 saturated heterocycles. The summed E-state index contributed by atoms with van der Waals surface area (Å²) in [7, 11) is 1.61. The molecule has 1 N–H and O–H groups in total. The number of nitrogens with one attached hydrogen (secondary N) is 1. The van der Waals surface area contributed by atoms with Crippen molar-refractivity contribution in [2.75, 3.05) is 19.0 Å². The fraction of sp³-hybridized carbons (Fsp3) is 0.238. The first-order valence-electron chi connectivity index (χ1n) is 8.94. The van der Waals surface area contributed by atoms with Crippen molar-refractivity contribution in [3.8, 4) is 22.8 Å². The summed E-state index contributed by atoms with van der Waals surface area (Å²) in [5.74, 6) is 2.29. The third-order valence-electron chi connectivity index (χ3n) is 4.59. The van der Waals surface area contributed by atoms with Gasteiger partial charge < -0.3 is 19.4 Å². The van der Waals surface area contributed by atoms with E-state index in [1.54, 1.807) is 31.4 Å². The summed E-state index contributed by atoms with van der Waals surface area (Å²) in [5, 5.41) is 2.89. The zero-order valence-corrected chi connectivity index (χ0v) is 15.1. The van der Waals surface area contributed by atoms with Crippen molar-refractivity contribution in [1.29, 1.82) is 0 Å².